The van der Waals surface area contributed by atoms with E-state index >= 15 is 0 Å². The van der Waals surface area contributed by atoms with Gasteiger partial charge in [0.05, 0.1) is 6.04 Å². The van der Waals surface area contributed by atoms with Crippen LogP contribution in [0.4, 0.5) is 6.01 Å². The number of para-hydroxylation sites is 2. The van der Waals surface area contributed by atoms with Crippen LogP contribution in [0.1, 0.15) is 18.4 Å². The summed E-state index contributed by atoms with van der Waals surface area (Å²) in [4.78, 5) is 18.9. The lowest BCUT2D eigenvalue weighted by molar-refractivity contribution is -0.116. The van der Waals surface area contributed by atoms with Crippen LogP contribution in [0.3, 0.4) is 0 Å². The van der Waals surface area contributed by atoms with Crippen molar-refractivity contribution in [2.75, 3.05) is 18.0 Å². The Morgan fingerprint density at radius 1 is 1.26 bits per heavy atom. The second-order valence-electron chi connectivity index (χ2n) is 6.58. The lowest BCUT2D eigenvalue weighted by atomic mass is 10.2. The number of carbonyl (C=O) groups excluding carboxylic acids is 1. The molecule has 3 aromatic rings. The van der Waals surface area contributed by atoms with Crippen molar-refractivity contribution in [2.45, 2.75) is 18.9 Å². The second-order valence-corrected chi connectivity index (χ2v) is 7.02. The van der Waals surface area contributed by atoms with Gasteiger partial charge in [0.2, 0.25) is 5.91 Å². The van der Waals surface area contributed by atoms with Crippen LogP contribution in [0.5, 0.6) is 0 Å². The lowest BCUT2D eigenvalue weighted by Gasteiger charge is -2.22. The molecule has 0 saturated carbocycles. The minimum absolute atomic E-state index is 0.116. The van der Waals surface area contributed by atoms with Crippen molar-refractivity contribution in [1.29, 1.82) is 0 Å². The molecule has 2 heterocycles. The predicted molar refractivity (Wildman–Crippen MR) is 108 cm³/mol. The first-order valence-electron chi connectivity index (χ1n) is 9.03. The van der Waals surface area contributed by atoms with Crippen molar-refractivity contribution in [3.63, 3.8) is 0 Å². The summed E-state index contributed by atoms with van der Waals surface area (Å²) in [6.45, 7) is 1.44. The first-order chi connectivity index (χ1) is 13.2. The second kappa shape index (κ2) is 7.84. The number of rotatable bonds is 5. The molecule has 1 fully saturated rings. The smallest absolute Gasteiger partial charge is 0.298 e. The van der Waals surface area contributed by atoms with Gasteiger partial charge in [0.15, 0.2) is 5.58 Å². The summed E-state index contributed by atoms with van der Waals surface area (Å²) < 4.78 is 5.88. The average molecular weight is 382 g/mol. The van der Waals surface area contributed by atoms with E-state index in [9.17, 15) is 4.79 Å². The van der Waals surface area contributed by atoms with Gasteiger partial charge in [0, 0.05) is 24.2 Å². The number of aromatic nitrogens is 1. The van der Waals surface area contributed by atoms with Gasteiger partial charge in [-0.05, 0) is 48.7 Å². The van der Waals surface area contributed by atoms with Crippen LogP contribution in [0, 0.1) is 0 Å². The molecule has 0 bridgehead atoms. The summed E-state index contributed by atoms with van der Waals surface area (Å²) in [5, 5.41) is 3.65. The monoisotopic (exact) mass is 381 g/mol. The Morgan fingerprint density at radius 2 is 2.07 bits per heavy atom. The highest BCUT2D eigenvalue weighted by Crippen LogP contribution is 2.27. The molecule has 1 atom stereocenters. The maximum absolute atomic E-state index is 12.1. The lowest BCUT2D eigenvalue weighted by Crippen LogP contribution is -2.39. The van der Waals surface area contributed by atoms with E-state index in [1.165, 1.54) is 0 Å². The van der Waals surface area contributed by atoms with E-state index in [1.807, 2.05) is 36.4 Å². The number of halogens is 1. The highest BCUT2D eigenvalue weighted by Gasteiger charge is 2.28. The number of oxazole rings is 1. The minimum Gasteiger partial charge on any atom is -0.423 e. The molecule has 1 aliphatic heterocycles. The van der Waals surface area contributed by atoms with Crippen molar-refractivity contribution < 1.29 is 9.21 Å². The van der Waals surface area contributed by atoms with Gasteiger partial charge in [-0.2, -0.15) is 4.98 Å². The Bertz CT molecular complexity index is 932. The molecule has 6 heteroatoms. The maximum atomic E-state index is 12.1. The van der Waals surface area contributed by atoms with Crippen LogP contribution < -0.4 is 10.2 Å². The van der Waals surface area contributed by atoms with Gasteiger partial charge in [0.1, 0.15) is 5.52 Å². The van der Waals surface area contributed by atoms with Crippen LogP contribution in [-0.2, 0) is 4.79 Å². The zero-order valence-electron chi connectivity index (χ0n) is 14.8. The van der Waals surface area contributed by atoms with Crippen molar-refractivity contribution in [2.24, 2.45) is 0 Å². The molecular formula is C21H20ClN3O2. The molecule has 0 spiro atoms. The molecule has 1 N–H and O–H groups in total. The molecule has 5 nitrogen and oxygen atoms in total. The fourth-order valence-electron chi connectivity index (χ4n) is 3.31. The molecular weight excluding hydrogens is 362 g/mol. The number of amides is 1. The molecule has 1 aromatic heterocycles. The Balaban J connectivity index is 1.36. The van der Waals surface area contributed by atoms with Crippen LogP contribution >= 0.6 is 11.6 Å². The molecule has 0 aliphatic carbocycles. The zero-order valence-corrected chi connectivity index (χ0v) is 15.5. The van der Waals surface area contributed by atoms with Gasteiger partial charge in [-0.3, -0.25) is 4.79 Å². The van der Waals surface area contributed by atoms with Gasteiger partial charge in [0.25, 0.3) is 6.01 Å². The number of hydrogen-bond acceptors (Lipinski definition) is 4. The number of benzene rings is 2. The van der Waals surface area contributed by atoms with E-state index in [4.69, 9.17) is 16.0 Å². The number of nitrogens with one attached hydrogen (secondary N) is 1. The largest absolute Gasteiger partial charge is 0.423 e. The van der Waals surface area contributed by atoms with E-state index in [1.54, 1.807) is 24.3 Å². The van der Waals surface area contributed by atoms with E-state index in [-0.39, 0.29) is 11.9 Å². The SMILES string of the molecule is O=C(C=Cc1ccc(Cl)cc1)NCC1CCCN1c1nc2ccccc2o1. The Hall–Kier alpha value is -2.79. The third kappa shape index (κ3) is 4.14. The van der Waals surface area contributed by atoms with Crippen LogP contribution in [0.15, 0.2) is 59.0 Å². The van der Waals surface area contributed by atoms with Gasteiger partial charge < -0.3 is 14.6 Å². The van der Waals surface area contributed by atoms with Crippen LogP contribution in [0.2, 0.25) is 5.02 Å². The third-order valence-corrected chi connectivity index (χ3v) is 4.97. The zero-order chi connectivity index (χ0) is 18.6. The Kier molecular flexibility index (Phi) is 5.12. The summed E-state index contributed by atoms with van der Waals surface area (Å²) in [6, 6.07) is 15.9. The van der Waals surface area contributed by atoms with Gasteiger partial charge in [-0.25, -0.2) is 0 Å². The van der Waals surface area contributed by atoms with E-state index < -0.39 is 0 Å². The fourth-order valence-corrected chi connectivity index (χ4v) is 3.43. The molecule has 1 saturated heterocycles. The fraction of sp³-hybridized carbons (Fsp3) is 0.238. The van der Waals surface area contributed by atoms with Crippen molar-refractivity contribution >= 4 is 40.7 Å². The number of hydrogen-bond donors (Lipinski definition) is 1. The molecule has 0 radical (unpaired) electrons. The maximum Gasteiger partial charge on any atom is 0.298 e. The number of anilines is 1. The summed E-state index contributed by atoms with van der Waals surface area (Å²) >= 11 is 5.87. The van der Waals surface area contributed by atoms with Gasteiger partial charge >= 0.3 is 0 Å². The van der Waals surface area contributed by atoms with Crippen LogP contribution in [-0.4, -0.2) is 30.0 Å². The van der Waals surface area contributed by atoms with Crippen molar-refractivity contribution in [3.05, 3.63) is 65.2 Å². The number of nitrogens with zero attached hydrogens (tertiary/aromatic N) is 2. The normalized spacial score (nSPS) is 17.1. The first kappa shape index (κ1) is 17.6. The summed E-state index contributed by atoms with van der Waals surface area (Å²) in [7, 11) is 0. The van der Waals surface area contributed by atoms with Crippen molar-refractivity contribution in [3.8, 4) is 0 Å². The molecule has 1 aliphatic rings. The molecule has 4 rings (SSSR count). The molecule has 138 valence electrons. The highest BCUT2D eigenvalue weighted by atomic mass is 35.5. The van der Waals surface area contributed by atoms with Gasteiger partial charge in [-0.15, -0.1) is 0 Å². The van der Waals surface area contributed by atoms with E-state index in [0.29, 0.717) is 17.6 Å². The highest BCUT2D eigenvalue weighted by molar-refractivity contribution is 6.30. The minimum atomic E-state index is -0.116. The number of fused-ring (bicyclic) bond motifs is 1. The summed E-state index contributed by atoms with van der Waals surface area (Å²) in [5.41, 5.74) is 2.57. The van der Waals surface area contributed by atoms with Gasteiger partial charge in [-0.1, -0.05) is 35.9 Å². The summed E-state index contributed by atoms with van der Waals surface area (Å²) in [5.74, 6) is -0.116. The Labute approximate surface area is 162 Å². The molecule has 1 unspecified atom stereocenters. The Morgan fingerprint density at radius 3 is 2.89 bits per heavy atom. The number of carbonyl (C=O) groups is 1. The van der Waals surface area contributed by atoms with E-state index in [2.05, 4.69) is 15.2 Å². The molecule has 27 heavy (non-hydrogen) atoms. The first-order valence-corrected chi connectivity index (χ1v) is 9.40. The molecule has 1 amide bonds. The topological polar surface area (TPSA) is 58.4 Å². The molecule has 2 aromatic carbocycles. The standard InChI is InChI=1S/C21H20ClN3O2/c22-16-10-7-15(8-11-16)9-12-20(26)23-14-17-4-3-13-25(17)21-24-18-5-1-2-6-19(18)27-21/h1-2,5-12,17H,3-4,13-14H2,(H,23,26). The van der Waals surface area contributed by atoms with E-state index in [0.717, 1.165) is 36.0 Å². The third-order valence-electron chi connectivity index (χ3n) is 4.71. The average Bonchev–Trinajstić information content (AvgIpc) is 3.32. The van der Waals surface area contributed by atoms with Crippen molar-refractivity contribution in [1.82, 2.24) is 10.3 Å². The predicted octanol–water partition coefficient (Wildman–Crippen LogP) is 4.28. The summed E-state index contributed by atoms with van der Waals surface area (Å²) in [6.07, 6.45) is 5.38. The quantitative estimate of drug-likeness (QED) is 0.670. The van der Waals surface area contributed by atoms with Crippen LogP contribution in [0.25, 0.3) is 17.2 Å².